The number of hydrogen-bond acceptors (Lipinski definition) is 7. The summed E-state index contributed by atoms with van der Waals surface area (Å²) in [7, 11) is 0. The normalized spacial score (nSPS) is 15.7. The van der Waals surface area contributed by atoms with Gasteiger partial charge in [0.05, 0.1) is 6.61 Å². The second kappa shape index (κ2) is 6.34. The predicted octanol–water partition coefficient (Wildman–Crippen LogP) is 1.16. The maximum atomic E-state index is 5.32. The van der Waals surface area contributed by atoms with Crippen LogP contribution in [0.4, 0.5) is 11.9 Å². The van der Waals surface area contributed by atoms with Crippen molar-refractivity contribution in [2.75, 3.05) is 23.9 Å². The van der Waals surface area contributed by atoms with Gasteiger partial charge in [-0.05, 0) is 25.7 Å². The van der Waals surface area contributed by atoms with E-state index in [4.69, 9.17) is 10.6 Å². The van der Waals surface area contributed by atoms with Crippen molar-refractivity contribution in [3.63, 3.8) is 0 Å². The summed E-state index contributed by atoms with van der Waals surface area (Å²) in [5.74, 6) is 6.85. The summed E-state index contributed by atoms with van der Waals surface area (Å²) in [5.41, 5.74) is 2.41. The molecule has 1 heterocycles. The van der Waals surface area contributed by atoms with Gasteiger partial charge in [-0.3, -0.25) is 5.43 Å². The summed E-state index contributed by atoms with van der Waals surface area (Å²) in [4.78, 5) is 12.3. The number of anilines is 2. The van der Waals surface area contributed by atoms with Crippen LogP contribution in [0.5, 0.6) is 6.01 Å². The highest BCUT2D eigenvalue weighted by Gasteiger charge is 2.15. The van der Waals surface area contributed by atoms with Gasteiger partial charge in [-0.15, -0.1) is 0 Å². The Kier molecular flexibility index (Phi) is 4.52. The van der Waals surface area contributed by atoms with Crippen LogP contribution in [-0.2, 0) is 0 Å². The quantitative estimate of drug-likeness (QED) is 0.516. The molecule has 1 aromatic rings. The molecule has 0 bridgehead atoms. The second-order valence-electron chi connectivity index (χ2n) is 4.37. The number of hydrazine groups is 1. The van der Waals surface area contributed by atoms with E-state index in [2.05, 4.69) is 25.7 Å². The van der Waals surface area contributed by atoms with E-state index in [0.717, 1.165) is 6.54 Å². The van der Waals surface area contributed by atoms with Crippen molar-refractivity contribution in [3.05, 3.63) is 0 Å². The number of aromatic nitrogens is 3. The van der Waals surface area contributed by atoms with Crippen molar-refractivity contribution in [3.8, 4) is 6.01 Å². The van der Waals surface area contributed by atoms with Gasteiger partial charge in [-0.2, -0.15) is 15.0 Å². The number of nitrogens with zero attached hydrogens (tertiary/aromatic N) is 3. The first-order valence-corrected chi connectivity index (χ1v) is 6.41. The molecular formula is C11H20N6O. The Morgan fingerprint density at radius 3 is 2.61 bits per heavy atom. The van der Waals surface area contributed by atoms with Crippen molar-refractivity contribution < 1.29 is 4.74 Å². The second-order valence-corrected chi connectivity index (χ2v) is 4.37. The number of nitrogen functional groups attached to an aromatic ring is 1. The lowest BCUT2D eigenvalue weighted by Gasteiger charge is -2.11. The average molecular weight is 252 g/mol. The fourth-order valence-electron chi connectivity index (χ4n) is 2.14. The molecule has 2 rings (SSSR count). The summed E-state index contributed by atoms with van der Waals surface area (Å²) < 4.78 is 5.26. The zero-order valence-corrected chi connectivity index (χ0v) is 10.6. The number of hydrogen-bond donors (Lipinski definition) is 3. The fraction of sp³-hybridized carbons (Fsp3) is 0.727. The highest BCUT2D eigenvalue weighted by Crippen LogP contribution is 2.24. The van der Waals surface area contributed by atoms with Crippen LogP contribution in [0.15, 0.2) is 0 Å². The molecule has 1 aliphatic rings. The Morgan fingerprint density at radius 1 is 1.22 bits per heavy atom. The van der Waals surface area contributed by atoms with Gasteiger partial charge in [0, 0.05) is 6.54 Å². The van der Waals surface area contributed by atoms with E-state index in [0.29, 0.717) is 24.4 Å². The van der Waals surface area contributed by atoms with Crippen LogP contribution >= 0.6 is 0 Å². The molecule has 0 spiro atoms. The van der Waals surface area contributed by atoms with Crippen LogP contribution in [0.3, 0.4) is 0 Å². The first-order valence-electron chi connectivity index (χ1n) is 6.41. The predicted molar refractivity (Wildman–Crippen MR) is 69.3 cm³/mol. The Balaban J connectivity index is 1.98. The monoisotopic (exact) mass is 252 g/mol. The minimum absolute atomic E-state index is 0.286. The lowest BCUT2D eigenvalue weighted by molar-refractivity contribution is 0.312. The van der Waals surface area contributed by atoms with E-state index in [-0.39, 0.29) is 6.01 Å². The zero-order valence-electron chi connectivity index (χ0n) is 10.6. The fourth-order valence-corrected chi connectivity index (χ4v) is 2.14. The third-order valence-corrected chi connectivity index (χ3v) is 3.04. The van der Waals surface area contributed by atoms with E-state index in [9.17, 15) is 0 Å². The molecule has 7 nitrogen and oxygen atoms in total. The number of rotatable bonds is 6. The number of nitrogens with two attached hydrogens (primary N) is 1. The molecule has 18 heavy (non-hydrogen) atoms. The zero-order chi connectivity index (χ0) is 12.8. The van der Waals surface area contributed by atoms with E-state index < -0.39 is 0 Å². The topological polar surface area (TPSA) is 98.0 Å². The number of ether oxygens (including phenoxy) is 1. The third-order valence-electron chi connectivity index (χ3n) is 3.04. The van der Waals surface area contributed by atoms with Crippen molar-refractivity contribution in [1.29, 1.82) is 0 Å². The van der Waals surface area contributed by atoms with E-state index in [1.165, 1.54) is 25.7 Å². The van der Waals surface area contributed by atoms with Gasteiger partial charge in [0.25, 0.3) is 0 Å². The molecule has 1 aliphatic carbocycles. The molecule has 0 radical (unpaired) electrons. The standard InChI is InChI=1S/C11H20N6O/c1-2-18-11-15-9(14-10(16-11)17-12)13-7-8-5-3-4-6-8/h8H,2-7,12H2,1H3,(H2,13,14,15,16,17). The van der Waals surface area contributed by atoms with Gasteiger partial charge in [0.15, 0.2) is 0 Å². The summed E-state index contributed by atoms with van der Waals surface area (Å²) in [6, 6.07) is 0.286. The van der Waals surface area contributed by atoms with Gasteiger partial charge in [0.1, 0.15) is 0 Å². The van der Waals surface area contributed by atoms with Gasteiger partial charge < -0.3 is 10.1 Å². The van der Waals surface area contributed by atoms with Crippen molar-refractivity contribution in [2.24, 2.45) is 11.8 Å². The molecule has 7 heteroatoms. The summed E-state index contributed by atoms with van der Waals surface area (Å²) in [6.45, 7) is 3.28. The molecule has 0 amide bonds. The van der Waals surface area contributed by atoms with Crippen LogP contribution in [0, 0.1) is 5.92 Å². The van der Waals surface area contributed by atoms with Gasteiger partial charge in [0.2, 0.25) is 11.9 Å². The van der Waals surface area contributed by atoms with Crippen LogP contribution < -0.4 is 21.3 Å². The minimum Gasteiger partial charge on any atom is -0.464 e. The Bertz CT molecular complexity index is 380. The van der Waals surface area contributed by atoms with Crippen molar-refractivity contribution in [2.45, 2.75) is 32.6 Å². The minimum atomic E-state index is 0.286. The van der Waals surface area contributed by atoms with Crippen molar-refractivity contribution >= 4 is 11.9 Å². The summed E-state index contributed by atoms with van der Waals surface area (Å²) in [5, 5.41) is 3.22. The largest absolute Gasteiger partial charge is 0.464 e. The molecular weight excluding hydrogens is 232 g/mol. The molecule has 1 aromatic heterocycles. The highest BCUT2D eigenvalue weighted by molar-refractivity contribution is 5.34. The summed E-state index contributed by atoms with van der Waals surface area (Å²) >= 11 is 0. The maximum absolute atomic E-state index is 5.32. The maximum Gasteiger partial charge on any atom is 0.323 e. The molecule has 0 aromatic carbocycles. The summed E-state index contributed by atoms with van der Waals surface area (Å²) in [6.07, 6.45) is 5.20. The molecule has 1 fully saturated rings. The lowest BCUT2D eigenvalue weighted by atomic mass is 10.1. The first-order chi connectivity index (χ1) is 8.81. The molecule has 4 N–H and O–H groups in total. The average Bonchev–Trinajstić information content (AvgIpc) is 2.89. The van der Waals surface area contributed by atoms with Gasteiger partial charge in [-0.25, -0.2) is 5.84 Å². The molecule has 0 unspecified atom stereocenters. The first kappa shape index (κ1) is 12.8. The van der Waals surface area contributed by atoms with Gasteiger partial charge >= 0.3 is 6.01 Å². The number of nitrogens with one attached hydrogen (secondary N) is 2. The lowest BCUT2D eigenvalue weighted by Crippen LogP contribution is -2.17. The SMILES string of the molecule is CCOc1nc(NN)nc(NCC2CCCC2)n1. The molecule has 0 atom stereocenters. The van der Waals surface area contributed by atoms with Gasteiger partial charge in [-0.1, -0.05) is 12.8 Å². The van der Waals surface area contributed by atoms with Crippen LogP contribution in [0.2, 0.25) is 0 Å². The Morgan fingerprint density at radius 2 is 1.94 bits per heavy atom. The molecule has 0 aliphatic heterocycles. The molecule has 0 saturated heterocycles. The van der Waals surface area contributed by atoms with E-state index in [1.807, 2.05) is 6.92 Å². The van der Waals surface area contributed by atoms with E-state index >= 15 is 0 Å². The van der Waals surface area contributed by atoms with Crippen LogP contribution in [-0.4, -0.2) is 28.1 Å². The molecule has 1 saturated carbocycles. The Labute approximate surface area is 107 Å². The van der Waals surface area contributed by atoms with Crippen LogP contribution in [0.25, 0.3) is 0 Å². The Hall–Kier alpha value is -1.63. The van der Waals surface area contributed by atoms with E-state index in [1.54, 1.807) is 0 Å². The highest BCUT2D eigenvalue weighted by atomic mass is 16.5. The van der Waals surface area contributed by atoms with Crippen LogP contribution in [0.1, 0.15) is 32.6 Å². The van der Waals surface area contributed by atoms with Crippen molar-refractivity contribution in [1.82, 2.24) is 15.0 Å². The third kappa shape index (κ3) is 3.43. The smallest absolute Gasteiger partial charge is 0.323 e. The molecule has 100 valence electrons.